The van der Waals surface area contributed by atoms with Crippen LogP contribution in [0.25, 0.3) is 10.2 Å². The van der Waals surface area contributed by atoms with Gasteiger partial charge >= 0.3 is 12.1 Å². The first kappa shape index (κ1) is 44.6. The van der Waals surface area contributed by atoms with E-state index in [4.69, 9.17) is 4.98 Å². The summed E-state index contributed by atoms with van der Waals surface area (Å²) in [5.74, 6) is -2.52. The summed E-state index contributed by atoms with van der Waals surface area (Å²) in [4.78, 5) is 73.0. The number of amides is 4. The summed E-state index contributed by atoms with van der Waals surface area (Å²) in [6, 6.07) is 10.3. The zero-order valence-corrected chi connectivity index (χ0v) is 35.3. The number of carbonyl (C=O) groups excluding carboxylic acids is 4. The highest BCUT2D eigenvalue weighted by atomic mass is 32.1. The molecule has 1 unspecified atom stereocenters. The number of aromatic carboxylic acids is 1. The number of benzene rings is 2. The average molecular weight is 878 g/mol. The number of carboxylic acid groups (broad SMARTS) is 1. The number of thiazole rings is 1. The number of fused-ring (bicyclic) bond motifs is 1. The number of carboxylic acids is 1. The SMILES string of the molecule is CC(C)(O)c1cc2nc([C@H]3CC[C@H](CN4CCC(CCNc5cccc(C(=O)NC6CCC(=O)NC6=O)c5C(=O)O)CC4)CC3)sc2cc1NC(=O)c1cccc(C(F)(F)F)n1. The van der Waals surface area contributed by atoms with Gasteiger partial charge in [0.15, 0.2) is 0 Å². The summed E-state index contributed by atoms with van der Waals surface area (Å²) in [6.07, 6.45) is 2.48. The lowest BCUT2D eigenvalue weighted by Crippen LogP contribution is -2.52. The van der Waals surface area contributed by atoms with Crippen LogP contribution in [0.2, 0.25) is 0 Å². The number of imide groups is 1. The van der Waals surface area contributed by atoms with E-state index >= 15 is 0 Å². The third kappa shape index (κ3) is 10.6. The highest BCUT2D eigenvalue weighted by Crippen LogP contribution is 2.42. The van der Waals surface area contributed by atoms with Crippen LogP contribution in [0.15, 0.2) is 48.5 Å². The topological polar surface area (TPSA) is 203 Å². The average Bonchev–Trinajstić information content (AvgIpc) is 3.65. The predicted molar refractivity (Wildman–Crippen MR) is 226 cm³/mol. The van der Waals surface area contributed by atoms with Crippen molar-refractivity contribution in [1.29, 1.82) is 0 Å². The lowest BCUT2D eigenvalue weighted by Gasteiger charge is -2.36. The van der Waals surface area contributed by atoms with Gasteiger partial charge in [0.05, 0.1) is 32.0 Å². The Hall–Kier alpha value is -5.46. The summed E-state index contributed by atoms with van der Waals surface area (Å²) in [6.45, 7) is 6.65. The van der Waals surface area contributed by atoms with Gasteiger partial charge < -0.3 is 31.1 Å². The Bertz CT molecular complexity index is 2350. The lowest BCUT2D eigenvalue weighted by molar-refractivity contribution is -0.141. The molecule has 1 saturated carbocycles. The molecule has 14 nitrogen and oxygen atoms in total. The number of anilines is 2. The van der Waals surface area contributed by atoms with Gasteiger partial charge in [-0.25, -0.2) is 14.8 Å². The van der Waals surface area contributed by atoms with E-state index in [2.05, 4.69) is 31.2 Å². The number of hydrogen-bond donors (Lipinski definition) is 6. The number of halogens is 3. The molecule has 1 atom stereocenters. The quantitative estimate of drug-likeness (QED) is 0.0762. The van der Waals surface area contributed by atoms with Gasteiger partial charge in [0, 0.05) is 42.4 Å². The van der Waals surface area contributed by atoms with Crippen LogP contribution >= 0.6 is 11.3 Å². The third-order valence-electron chi connectivity index (χ3n) is 12.1. The molecule has 62 heavy (non-hydrogen) atoms. The minimum absolute atomic E-state index is 0.0633. The normalized spacial score (nSPS) is 20.5. The second-order valence-corrected chi connectivity index (χ2v) is 18.1. The molecule has 2 aliphatic heterocycles. The second kappa shape index (κ2) is 18.5. The molecule has 4 heterocycles. The molecule has 0 bridgehead atoms. The minimum atomic E-state index is -4.70. The first-order chi connectivity index (χ1) is 29.4. The molecule has 2 aromatic carbocycles. The summed E-state index contributed by atoms with van der Waals surface area (Å²) < 4.78 is 40.6. The van der Waals surface area contributed by atoms with Crippen molar-refractivity contribution in [3.05, 3.63) is 81.6 Å². The molecule has 2 saturated heterocycles. The number of pyridine rings is 1. The summed E-state index contributed by atoms with van der Waals surface area (Å²) in [5, 5.41) is 32.6. The maximum absolute atomic E-state index is 13.3. The van der Waals surface area contributed by atoms with Gasteiger partial charge in [-0.2, -0.15) is 13.2 Å². The van der Waals surface area contributed by atoms with Gasteiger partial charge in [-0.15, -0.1) is 11.3 Å². The smallest absolute Gasteiger partial charge is 0.433 e. The van der Waals surface area contributed by atoms with Crippen molar-refractivity contribution in [3.8, 4) is 0 Å². The maximum Gasteiger partial charge on any atom is 0.433 e. The molecule has 0 radical (unpaired) electrons. The molecule has 3 aliphatic rings. The van der Waals surface area contributed by atoms with E-state index in [0.29, 0.717) is 35.1 Å². The molecule has 0 spiro atoms. The molecule has 2 aromatic heterocycles. The fourth-order valence-electron chi connectivity index (χ4n) is 8.69. The summed E-state index contributed by atoms with van der Waals surface area (Å²) in [7, 11) is 0. The van der Waals surface area contributed by atoms with Gasteiger partial charge in [0.1, 0.15) is 17.4 Å². The Morgan fingerprint density at radius 1 is 0.903 bits per heavy atom. The largest absolute Gasteiger partial charge is 0.478 e. The van der Waals surface area contributed by atoms with Crippen molar-refractivity contribution in [1.82, 2.24) is 25.5 Å². The van der Waals surface area contributed by atoms with Gasteiger partial charge in [0.2, 0.25) is 11.8 Å². The number of carbonyl (C=O) groups is 5. The molecule has 1 aliphatic carbocycles. The van der Waals surface area contributed by atoms with Crippen LogP contribution in [0.5, 0.6) is 0 Å². The van der Waals surface area contributed by atoms with E-state index in [1.165, 1.54) is 23.5 Å². The molecule has 6 N–H and O–H groups in total. The van der Waals surface area contributed by atoms with Crippen molar-refractivity contribution in [2.45, 2.75) is 95.4 Å². The highest BCUT2D eigenvalue weighted by Gasteiger charge is 2.34. The Labute approximate surface area is 360 Å². The first-order valence-corrected chi connectivity index (χ1v) is 21.7. The zero-order chi connectivity index (χ0) is 44.3. The second-order valence-electron chi connectivity index (χ2n) is 17.0. The van der Waals surface area contributed by atoms with Gasteiger partial charge in [0.25, 0.3) is 11.8 Å². The van der Waals surface area contributed by atoms with E-state index in [1.54, 1.807) is 38.1 Å². The number of likely N-dealkylation sites (tertiary alicyclic amines) is 1. The summed E-state index contributed by atoms with van der Waals surface area (Å²) in [5.41, 5.74) is -1.49. The van der Waals surface area contributed by atoms with E-state index < -0.39 is 58.8 Å². The van der Waals surface area contributed by atoms with E-state index in [9.17, 15) is 47.4 Å². The van der Waals surface area contributed by atoms with Gasteiger partial charge in [-0.3, -0.25) is 24.5 Å². The fourth-order valence-corrected chi connectivity index (χ4v) is 9.85. The van der Waals surface area contributed by atoms with E-state index in [-0.39, 0.29) is 35.6 Å². The Morgan fingerprint density at radius 3 is 2.31 bits per heavy atom. The number of rotatable bonds is 13. The van der Waals surface area contributed by atoms with Crippen LogP contribution in [0.1, 0.15) is 125 Å². The molecular weight excluding hydrogens is 828 g/mol. The van der Waals surface area contributed by atoms with Crippen LogP contribution in [0.4, 0.5) is 24.5 Å². The van der Waals surface area contributed by atoms with E-state index in [1.807, 2.05) is 0 Å². The standard InChI is InChI=1S/C44H50F3N7O7S/c1-43(2,61)28-21-33-34(22-32(28)51-39(57)30-7-4-8-35(49-30)44(45,46)47)62-41(52-33)26-11-9-25(10-12-26)23-54-19-16-24(17-20-54)15-18-48-29-6-3-5-27(37(29)42(59)60)38(56)50-31-13-14-36(55)53-40(31)58/h3-8,21-22,24-26,31,48,61H,9-20,23H2,1-2H3,(H,50,56)(H,51,57)(H,59,60)(H,53,55,58)/t25-,26-,31?. The van der Waals surface area contributed by atoms with Crippen LogP contribution in [0, 0.1) is 11.8 Å². The predicted octanol–water partition coefficient (Wildman–Crippen LogP) is 6.91. The zero-order valence-electron chi connectivity index (χ0n) is 34.4. The lowest BCUT2D eigenvalue weighted by atomic mass is 9.81. The number of aromatic nitrogens is 2. The number of hydrogen-bond acceptors (Lipinski definition) is 11. The summed E-state index contributed by atoms with van der Waals surface area (Å²) >= 11 is 1.53. The molecule has 330 valence electrons. The van der Waals surface area contributed by atoms with Crippen molar-refractivity contribution >= 4 is 62.5 Å². The van der Waals surface area contributed by atoms with Gasteiger partial charge in [-0.05, 0) is 127 Å². The fraction of sp³-hybridized carbons (Fsp3) is 0.477. The van der Waals surface area contributed by atoms with Crippen molar-refractivity contribution < 1.29 is 47.4 Å². The molecular formula is C44H50F3N7O7S. The Morgan fingerprint density at radius 2 is 1.63 bits per heavy atom. The Kier molecular flexibility index (Phi) is 13.3. The molecule has 7 rings (SSSR count). The van der Waals surface area contributed by atoms with Crippen molar-refractivity contribution in [3.63, 3.8) is 0 Å². The minimum Gasteiger partial charge on any atom is -0.478 e. The van der Waals surface area contributed by atoms with Gasteiger partial charge in [-0.1, -0.05) is 12.1 Å². The van der Waals surface area contributed by atoms with Crippen LogP contribution in [0.3, 0.4) is 0 Å². The van der Waals surface area contributed by atoms with Crippen LogP contribution in [-0.4, -0.2) is 86.9 Å². The number of alkyl halides is 3. The molecule has 18 heteroatoms. The highest BCUT2D eigenvalue weighted by molar-refractivity contribution is 7.18. The molecule has 4 amide bonds. The number of nitrogens with one attached hydrogen (secondary N) is 4. The third-order valence-corrected chi connectivity index (χ3v) is 13.3. The van der Waals surface area contributed by atoms with Crippen molar-refractivity contribution in [2.24, 2.45) is 11.8 Å². The maximum atomic E-state index is 13.3. The molecule has 3 fully saturated rings. The first-order valence-electron chi connectivity index (χ1n) is 20.9. The van der Waals surface area contributed by atoms with Crippen LogP contribution in [-0.2, 0) is 21.4 Å². The monoisotopic (exact) mass is 877 g/mol. The number of nitrogens with zero attached hydrogens (tertiary/aromatic N) is 3. The number of piperidine rings is 2. The number of aliphatic hydroxyl groups is 1. The van der Waals surface area contributed by atoms with E-state index in [0.717, 1.165) is 86.4 Å². The van der Waals surface area contributed by atoms with Crippen molar-refractivity contribution in [2.75, 3.05) is 36.8 Å². The Balaban J connectivity index is 0.883. The van der Waals surface area contributed by atoms with Crippen LogP contribution < -0.4 is 21.3 Å². The molecule has 4 aromatic rings.